The summed E-state index contributed by atoms with van der Waals surface area (Å²) in [4.78, 5) is 24.7. The molecule has 1 saturated heterocycles. The lowest BCUT2D eigenvalue weighted by molar-refractivity contribution is -0.123. The summed E-state index contributed by atoms with van der Waals surface area (Å²) in [5.74, 6) is -0.403. The predicted molar refractivity (Wildman–Crippen MR) is 91.5 cm³/mol. The topological polar surface area (TPSA) is 88.1 Å². The summed E-state index contributed by atoms with van der Waals surface area (Å²) in [6, 6.07) is 9.19. The molecule has 4 atom stereocenters. The Bertz CT molecular complexity index is 554. The molecule has 1 heterocycles. The fraction of sp³-hybridized carbons (Fsp3) is 0.556. The number of benzene rings is 1. The number of rotatable bonds is 8. The Morgan fingerprint density at radius 3 is 2.80 bits per heavy atom. The number of amides is 2. The van der Waals surface area contributed by atoms with Crippen LogP contribution in [0.1, 0.15) is 25.3 Å². The maximum Gasteiger partial charge on any atom is 0.409 e. The average Bonchev–Trinajstić information content (AvgIpc) is 3.09. The van der Waals surface area contributed by atoms with E-state index in [-0.39, 0.29) is 18.8 Å². The molecule has 1 aromatic carbocycles. The van der Waals surface area contributed by atoms with Crippen molar-refractivity contribution in [1.29, 1.82) is 0 Å². The Labute approximate surface area is 147 Å². The normalized spacial score (nSPS) is 20.6. The number of aliphatic hydroxyl groups is 1. The molecule has 7 nitrogen and oxygen atoms in total. The quantitative estimate of drug-likeness (QED) is 0.548. The number of likely N-dealkylation sites (tertiary alicyclic amines) is 1. The number of nitrogens with one attached hydrogen (secondary N) is 1. The second-order valence-electron chi connectivity index (χ2n) is 6.26. The third kappa shape index (κ3) is 5.17. The highest BCUT2D eigenvalue weighted by Crippen LogP contribution is 2.26. The molecule has 0 saturated carbocycles. The number of nitrogens with zero attached hydrogens (tertiary/aromatic N) is 1. The third-order valence-corrected chi connectivity index (χ3v) is 4.62. The highest BCUT2D eigenvalue weighted by atomic mass is 16.6. The van der Waals surface area contributed by atoms with Crippen molar-refractivity contribution in [3.8, 4) is 0 Å². The van der Waals surface area contributed by atoms with Gasteiger partial charge in [-0.2, -0.15) is 0 Å². The van der Waals surface area contributed by atoms with Crippen molar-refractivity contribution in [1.82, 2.24) is 10.2 Å². The summed E-state index contributed by atoms with van der Waals surface area (Å²) in [5.41, 5.74) is 0.863. The van der Waals surface area contributed by atoms with Crippen LogP contribution in [0.5, 0.6) is 0 Å². The first-order chi connectivity index (χ1) is 12.1. The Balaban J connectivity index is 1.86. The molecule has 0 radical (unpaired) electrons. The number of ether oxygens (including phenoxy) is 2. The van der Waals surface area contributed by atoms with Gasteiger partial charge in [-0.05, 0) is 18.4 Å². The minimum atomic E-state index is -1.14. The third-order valence-electron chi connectivity index (χ3n) is 4.62. The fourth-order valence-corrected chi connectivity index (χ4v) is 3.22. The molecule has 2 amide bonds. The van der Waals surface area contributed by atoms with E-state index in [0.29, 0.717) is 6.54 Å². The molecule has 1 aliphatic heterocycles. The molecule has 0 aliphatic carbocycles. The molecule has 1 unspecified atom stereocenters. The summed E-state index contributed by atoms with van der Waals surface area (Å²) in [6.07, 6.45) is 0.312. The van der Waals surface area contributed by atoms with E-state index < -0.39 is 18.2 Å². The van der Waals surface area contributed by atoms with E-state index in [1.54, 1.807) is 18.9 Å². The van der Waals surface area contributed by atoms with Gasteiger partial charge in [-0.1, -0.05) is 37.3 Å². The molecule has 0 bridgehead atoms. The highest BCUT2D eigenvalue weighted by molar-refractivity contribution is 5.67. The average molecular weight is 350 g/mol. The molecule has 1 fully saturated rings. The van der Waals surface area contributed by atoms with Crippen LogP contribution in [0.2, 0.25) is 0 Å². The van der Waals surface area contributed by atoms with E-state index in [1.807, 2.05) is 30.3 Å². The van der Waals surface area contributed by atoms with Crippen LogP contribution in [-0.2, 0) is 20.9 Å². The summed E-state index contributed by atoms with van der Waals surface area (Å²) in [5, 5.41) is 12.7. The van der Waals surface area contributed by atoms with E-state index in [2.05, 4.69) is 5.32 Å². The minimum Gasteiger partial charge on any atom is -0.445 e. The predicted octanol–water partition coefficient (Wildman–Crippen LogP) is 1.50. The second kappa shape index (κ2) is 9.39. The molecule has 2 N–H and O–H groups in total. The number of alkyl carbamates (subject to hydrolysis) is 1. The van der Waals surface area contributed by atoms with Gasteiger partial charge in [0, 0.05) is 19.6 Å². The molecule has 7 heteroatoms. The molecule has 2 rings (SSSR count). The molecule has 138 valence electrons. The van der Waals surface area contributed by atoms with Gasteiger partial charge in [-0.3, -0.25) is 10.1 Å². The molecule has 1 aliphatic rings. The van der Waals surface area contributed by atoms with Crippen molar-refractivity contribution < 1.29 is 24.2 Å². The van der Waals surface area contributed by atoms with Gasteiger partial charge in [-0.25, -0.2) is 4.79 Å². The van der Waals surface area contributed by atoms with Crippen molar-refractivity contribution in [2.24, 2.45) is 5.92 Å². The van der Waals surface area contributed by atoms with Gasteiger partial charge in [0.15, 0.2) is 0 Å². The molecule has 0 aromatic heterocycles. The standard InChI is InChI=1S/C18H26N2O5/c1-13(16(24-2)15-9-6-10-20(15)12-21)17(22)19-18(23)25-11-14-7-4-3-5-8-14/h3-5,7-8,12-13,15-17,22H,6,9-11H2,1-2H3,(H,19,23)/t13-,15+,16-,17?/m1/s1. The van der Waals surface area contributed by atoms with Crippen LogP contribution >= 0.6 is 0 Å². The van der Waals surface area contributed by atoms with E-state index >= 15 is 0 Å². The van der Waals surface area contributed by atoms with Crippen molar-refractivity contribution in [3.05, 3.63) is 35.9 Å². The molecular weight excluding hydrogens is 324 g/mol. The van der Waals surface area contributed by atoms with Gasteiger partial charge < -0.3 is 19.5 Å². The van der Waals surface area contributed by atoms with E-state index in [0.717, 1.165) is 24.8 Å². The van der Waals surface area contributed by atoms with Crippen LogP contribution in [0.25, 0.3) is 0 Å². The minimum absolute atomic E-state index is 0.103. The first-order valence-corrected chi connectivity index (χ1v) is 8.46. The summed E-state index contributed by atoms with van der Waals surface area (Å²) in [7, 11) is 1.54. The van der Waals surface area contributed by atoms with Crippen LogP contribution in [0.4, 0.5) is 4.79 Å². The lowest BCUT2D eigenvalue weighted by Gasteiger charge is -2.34. The maximum absolute atomic E-state index is 11.9. The van der Waals surface area contributed by atoms with Crippen LogP contribution in [0, 0.1) is 5.92 Å². The number of hydrogen-bond acceptors (Lipinski definition) is 5. The number of aliphatic hydroxyl groups excluding tert-OH is 1. The van der Waals surface area contributed by atoms with E-state index in [1.165, 1.54) is 0 Å². The van der Waals surface area contributed by atoms with E-state index in [9.17, 15) is 14.7 Å². The van der Waals surface area contributed by atoms with Crippen molar-refractivity contribution >= 4 is 12.5 Å². The second-order valence-corrected chi connectivity index (χ2v) is 6.26. The maximum atomic E-state index is 11.9. The first kappa shape index (κ1) is 19.2. The molecular formula is C18H26N2O5. The molecule has 0 spiro atoms. The zero-order chi connectivity index (χ0) is 18.2. The Hall–Kier alpha value is -2.12. The van der Waals surface area contributed by atoms with Crippen molar-refractivity contribution in [2.75, 3.05) is 13.7 Å². The lowest BCUT2D eigenvalue weighted by atomic mass is 9.94. The number of methoxy groups -OCH3 is 1. The van der Waals surface area contributed by atoms with Crippen LogP contribution in [0.3, 0.4) is 0 Å². The largest absolute Gasteiger partial charge is 0.445 e. The van der Waals surface area contributed by atoms with Crippen molar-refractivity contribution in [2.45, 2.75) is 44.7 Å². The zero-order valence-electron chi connectivity index (χ0n) is 14.6. The van der Waals surface area contributed by atoms with Crippen LogP contribution in [-0.4, -0.2) is 54.5 Å². The summed E-state index contributed by atoms with van der Waals surface area (Å²) >= 11 is 0. The van der Waals surface area contributed by atoms with Gasteiger partial charge in [0.1, 0.15) is 12.8 Å². The highest BCUT2D eigenvalue weighted by Gasteiger charge is 2.37. The first-order valence-electron chi connectivity index (χ1n) is 8.46. The van der Waals surface area contributed by atoms with Gasteiger partial charge in [0.05, 0.1) is 12.1 Å². The van der Waals surface area contributed by atoms with Crippen molar-refractivity contribution in [3.63, 3.8) is 0 Å². The summed E-state index contributed by atoms with van der Waals surface area (Å²) in [6.45, 7) is 2.59. The Kier molecular flexibility index (Phi) is 7.21. The fourth-order valence-electron chi connectivity index (χ4n) is 3.22. The van der Waals surface area contributed by atoms with Gasteiger partial charge in [0.2, 0.25) is 6.41 Å². The lowest BCUT2D eigenvalue weighted by Crippen LogP contribution is -2.50. The number of carbonyl (C=O) groups excluding carboxylic acids is 2. The smallest absolute Gasteiger partial charge is 0.409 e. The Morgan fingerprint density at radius 1 is 1.44 bits per heavy atom. The number of hydrogen-bond donors (Lipinski definition) is 2. The van der Waals surface area contributed by atoms with Gasteiger partial charge in [0.25, 0.3) is 0 Å². The Morgan fingerprint density at radius 2 is 2.16 bits per heavy atom. The van der Waals surface area contributed by atoms with Crippen LogP contribution in [0.15, 0.2) is 30.3 Å². The van der Waals surface area contributed by atoms with Gasteiger partial charge in [-0.15, -0.1) is 0 Å². The monoisotopic (exact) mass is 350 g/mol. The molecule has 1 aromatic rings. The molecule has 25 heavy (non-hydrogen) atoms. The SMILES string of the molecule is CO[C@H]([C@@H](C)C(O)NC(=O)OCc1ccccc1)[C@@H]1CCCN1C=O. The zero-order valence-corrected chi connectivity index (χ0v) is 14.6. The van der Waals surface area contributed by atoms with Gasteiger partial charge >= 0.3 is 6.09 Å². The van der Waals surface area contributed by atoms with Crippen LogP contribution < -0.4 is 5.32 Å². The summed E-state index contributed by atoms with van der Waals surface area (Å²) < 4.78 is 10.6. The van der Waals surface area contributed by atoms with E-state index in [4.69, 9.17) is 9.47 Å². The number of carbonyl (C=O) groups is 2.